The second kappa shape index (κ2) is 5.01. The van der Waals surface area contributed by atoms with E-state index in [1.54, 1.807) is 0 Å². The molecule has 2 nitrogen and oxygen atoms in total. The van der Waals surface area contributed by atoms with Gasteiger partial charge in [-0.25, -0.2) is 0 Å². The van der Waals surface area contributed by atoms with Crippen LogP contribution in [0.1, 0.15) is 54.3 Å². The van der Waals surface area contributed by atoms with Crippen molar-refractivity contribution in [2.24, 2.45) is 5.92 Å². The third-order valence-corrected chi connectivity index (χ3v) is 6.12. The third-order valence-electron chi connectivity index (χ3n) is 6.12. The Labute approximate surface area is 132 Å². The van der Waals surface area contributed by atoms with Crippen molar-refractivity contribution in [3.63, 3.8) is 0 Å². The smallest absolute Gasteiger partial charge is 0.119 e. The molecular formula is C19H27NO. The molecule has 0 N–H and O–H groups in total. The Morgan fingerprint density at radius 3 is 3.19 bits per heavy atom. The van der Waals surface area contributed by atoms with Gasteiger partial charge in [0.25, 0.3) is 0 Å². The van der Waals surface area contributed by atoms with E-state index in [9.17, 15) is 0 Å². The predicted molar refractivity (Wildman–Crippen MR) is 86.0 cm³/mol. The van der Waals surface area contributed by atoms with Gasteiger partial charge in [0, 0.05) is 15.6 Å². The molecule has 3 aliphatic rings. The van der Waals surface area contributed by atoms with Crippen LogP contribution in [0, 0.1) is 5.92 Å². The number of benzene rings is 1. The summed E-state index contributed by atoms with van der Waals surface area (Å²) < 4.78 is 29.7. The minimum Gasteiger partial charge on any atom is -0.494 e. The highest BCUT2D eigenvalue weighted by atomic mass is 16.5. The summed E-state index contributed by atoms with van der Waals surface area (Å²) in [4.78, 5) is 1.82. The maximum Gasteiger partial charge on any atom is 0.119 e. The van der Waals surface area contributed by atoms with Gasteiger partial charge in [0.1, 0.15) is 5.75 Å². The van der Waals surface area contributed by atoms with Crippen LogP contribution in [0.5, 0.6) is 5.75 Å². The summed E-state index contributed by atoms with van der Waals surface area (Å²) in [7, 11) is 0. The summed E-state index contributed by atoms with van der Waals surface area (Å²) in [6.45, 7) is 1.42. The van der Waals surface area contributed by atoms with Crippen LogP contribution in [0.15, 0.2) is 18.2 Å². The van der Waals surface area contributed by atoms with Crippen molar-refractivity contribution in [3.8, 4) is 5.75 Å². The van der Waals surface area contributed by atoms with E-state index in [4.69, 9.17) is 8.85 Å². The average Bonchev–Trinajstić information content (AvgIpc) is 2.54. The highest BCUT2D eigenvalue weighted by molar-refractivity contribution is 5.45. The average molecular weight is 288 g/mol. The molecule has 2 bridgehead atoms. The summed E-state index contributed by atoms with van der Waals surface area (Å²) in [6, 6.07) is 6.66. The molecule has 1 saturated heterocycles. The van der Waals surface area contributed by atoms with E-state index in [0.717, 1.165) is 25.0 Å². The molecule has 2 heteroatoms. The zero-order valence-corrected chi connectivity index (χ0v) is 12.9. The lowest BCUT2D eigenvalue weighted by Crippen LogP contribution is -2.59. The Morgan fingerprint density at radius 1 is 1.38 bits per heavy atom. The first-order valence-electron chi connectivity index (χ1n) is 9.99. The second-order valence-corrected chi connectivity index (χ2v) is 6.98. The quantitative estimate of drug-likeness (QED) is 0.821. The number of likely N-dealkylation sites (tertiary alicyclic amines) is 1. The van der Waals surface area contributed by atoms with Gasteiger partial charge in [-0.3, -0.25) is 0 Å². The fourth-order valence-electron chi connectivity index (χ4n) is 5.24. The van der Waals surface area contributed by atoms with Crippen LogP contribution in [-0.2, 0) is 11.8 Å². The maximum atomic E-state index is 7.97. The Bertz CT molecular complexity index is 630. The van der Waals surface area contributed by atoms with Gasteiger partial charge in [-0.05, 0) is 75.3 Å². The molecule has 0 radical (unpaired) electrons. The molecule has 2 aliphatic carbocycles. The first kappa shape index (κ1) is 10.7. The molecular weight excluding hydrogens is 258 g/mol. The fraction of sp³-hybridized carbons (Fsp3) is 0.684. The van der Waals surface area contributed by atoms with Gasteiger partial charge in [-0.15, -0.1) is 0 Å². The monoisotopic (exact) mass is 288 g/mol. The minimum absolute atomic E-state index is 0.164. The number of fused-ring (bicyclic) bond motifs is 1. The first-order valence-corrected chi connectivity index (χ1v) is 8.49. The standard InChI is InChI=1S/C19H27NO/c1-3-21-15-8-7-14-12-18-16-6-4-5-9-19(16,17(14)13-15)10-11-20(18)2/h7-8,13,16,18H,3-6,9-12H2,1-2H3/t16-,18+,19+/m1/s1/i2D3. The summed E-state index contributed by atoms with van der Waals surface area (Å²) in [6.07, 6.45) is 6.69. The summed E-state index contributed by atoms with van der Waals surface area (Å²) in [5, 5.41) is 0. The van der Waals surface area contributed by atoms with Crippen LogP contribution in [0.2, 0.25) is 0 Å². The van der Waals surface area contributed by atoms with Gasteiger partial charge >= 0.3 is 0 Å². The van der Waals surface area contributed by atoms with Gasteiger partial charge in [-0.2, -0.15) is 0 Å². The fourth-order valence-corrected chi connectivity index (χ4v) is 5.24. The van der Waals surface area contributed by atoms with Gasteiger partial charge in [-0.1, -0.05) is 18.9 Å². The molecule has 114 valence electrons. The lowest BCUT2D eigenvalue weighted by atomic mass is 9.52. The van der Waals surface area contributed by atoms with Crippen LogP contribution in [0.25, 0.3) is 0 Å². The molecule has 0 unspecified atom stereocenters. The molecule has 1 aliphatic heterocycles. The number of piperidine rings is 1. The van der Waals surface area contributed by atoms with E-state index in [1.807, 2.05) is 11.8 Å². The SMILES string of the molecule is [2H]C([2H])([2H])N1CC[C@@]23CCCC[C@@H]2[C@@H]1Cc1ccc(OCC)cc13. The number of ether oxygens (including phenoxy) is 1. The number of hydrogen-bond acceptors (Lipinski definition) is 2. The van der Waals surface area contributed by atoms with Crippen molar-refractivity contribution >= 4 is 0 Å². The second-order valence-electron chi connectivity index (χ2n) is 6.98. The lowest BCUT2D eigenvalue weighted by molar-refractivity contribution is 0.00271. The van der Waals surface area contributed by atoms with E-state index in [2.05, 4.69) is 18.2 Å². The molecule has 0 amide bonds. The van der Waals surface area contributed by atoms with Gasteiger partial charge in [0.05, 0.1) is 6.61 Å². The highest BCUT2D eigenvalue weighted by Gasteiger charge is 2.53. The van der Waals surface area contributed by atoms with E-state index in [-0.39, 0.29) is 11.5 Å². The summed E-state index contributed by atoms with van der Waals surface area (Å²) in [5.74, 6) is 1.44. The molecule has 0 aromatic heterocycles. The Morgan fingerprint density at radius 2 is 2.33 bits per heavy atom. The lowest BCUT2D eigenvalue weighted by Gasteiger charge is -2.58. The zero-order valence-electron chi connectivity index (χ0n) is 15.9. The first-order chi connectivity index (χ1) is 11.5. The van der Waals surface area contributed by atoms with E-state index >= 15 is 0 Å². The number of hydrogen-bond donors (Lipinski definition) is 0. The van der Waals surface area contributed by atoms with E-state index in [0.29, 0.717) is 19.1 Å². The van der Waals surface area contributed by atoms with Crippen molar-refractivity contribution in [1.82, 2.24) is 4.90 Å². The van der Waals surface area contributed by atoms with Crippen molar-refractivity contribution in [2.45, 2.75) is 56.9 Å². The van der Waals surface area contributed by atoms with Crippen LogP contribution in [0.3, 0.4) is 0 Å². The molecule has 2 fully saturated rings. The Hall–Kier alpha value is -1.02. The minimum atomic E-state index is -1.98. The molecule has 1 saturated carbocycles. The third kappa shape index (κ3) is 1.95. The van der Waals surface area contributed by atoms with Crippen LogP contribution >= 0.6 is 0 Å². The molecule has 21 heavy (non-hydrogen) atoms. The van der Waals surface area contributed by atoms with Crippen LogP contribution in [-0.4, -0.2) is 31.1 Å². The number of rotatable bonds is 2. The normalized spacial score (nSPS) is 37.7. The number of nitrogens with zero attached hydrogens (tertiary/aromatic N) is 1. The van der Waals surface area contributed by atoms with Crippen LogP contribution in [0.4, 0.5) is 0 Å². The van der Waals surface area contributed by atoms with Crippen LogP contribution < -0.4 is 4.74 Å². The molecule has 1 heterocycles. The van der Waals surface area contributed by atoms with E-state index in [1.165, 1.54) is 30.4 Å². The van der Waals surface area contributed by atoms with Crippen molar-refractivity contribution in [1.29, 1.82) is 0 Å². The van der Waals surface area contributed by atoms with Crippen molar-refractivity contribution < 1.29 is 8.85 Å². The number of likely N-dealkylation sites (N-methyl/N-ethyl adjacent to an activating group) is 1. The predicted octanol–water partition coefficient (Wildman–Crippen LogP) is 3.77. The van der Waals surface area contributed by atoms with Gasteiger partial charge < -0.3 is 9.64 Å². The van der Waals surface area contributed by atoms with Gasteiger partial charge in [0.15, 0.2) is 0 Å². The summed E-state index contributed by atoms with van der Waals surface area (Å²) >= 11 is 0. The van der Waals surface area contributed by atoms with Crippen molar-refractivity contribution in [2.75, 3.05) is 20.1 Å². The zero-order chi connectivity index (χ0) is 16.9. The van der Waals surface area contributed by atoms with Crippen molar-refractivity contribution in [3.05, 3.63) is 29.3 Å². The largest absolute Gasteiger partial charge is 0.494 e. The molecule has 3 atom stereocenters. The molecule has 0 spiro atoms. The van der Waals surface area contributed by atoms with E-state index < -0.39 is 6.98 Å². The van der Waals surface area contributed by atoms with Gasteiger partial charge in [0.2, 0.25) is 0 Å². The molecule has 1 aromatic carbocycles. The summed E-state index contributed by atoms with van der Waals surface area (Å²) in [5.41, 5.74) is 2.97. The Kier molecular flexibility index (Phi) is 2.55. The molecule has 1 aromatic rings. The molecule has 4 rings (SSSR count). The highest BCUT2D eigenvalue weighted by Crippen LogP contribution is 2.55. The topological polar surface area (TPSA) is 12.5 Å². The Balaban J connectivity index is 1.80. The maximum absolute atomic E-state index is 7.97.